The van der Waals surface area contributed by atoms with Gasteiger partial charge in [-0.1, -0.05) is 35.6 Å². The molecule has 208 valence electrons. The molecule has 0 unspecified atom stereocenters. The van der Waals surface area contributed by atoms with Crippen molar-refractivity contribution in [1.82, 2.24) is 20.3 Å². The van der Waals surface area contributed by atoms with Gasteiger partial charge in [-0.15, -0.1) is 0 Å². The van der Waals surface area contributed by atoms with E-state index in [1.165, 1.54) is 17.4 Å². The van der Waals surface area contributed by atoms with Crippen LogP contribution in [0.5, 0.6) is 5.75 Å². The van der Waals surface area contributed by atoms with Gasteiger partial charge in [0.2, 0.25) is 5.95 Å². The number of likely N-dealkylation sites (N-methyl/N-ethyl adjacent to an activating group) is 1. The van der Waals surface area contributed by atoms with Crippen LogP contribution >= 0.6 is 11.3 Å². The number of nitrogen functional groups attached to an aromatic ring is 1. The number of carbonyl (C=O) groups is 1. The van der Waals surface area contributed by atoms with Gasteiger partial charge in [-0.25, -0.2) is 23.7 Å². The highest BCUT2D eigenvalue weighted by Gasteiger charge is 2.19. The third-order valence-corrected chi connectivity index (χ3v) is 6.73. The van der Waals surface area contributed by atoms with E-state index in [1.807, 2.05) is 31.3 Å². The van der Waals surface area contributed by atoms with Crippen LogP contribution in [0.3, 0.4) is 0 Å². The van der Waals surface area contributed by atoms with Crippen LogP contribution in [-0.4, -0.2) is 41.1 Å². The Bertz CT molecular complexity index is 1680. The molecule has 12 heteroatoms. The van der Waals surface area contributed by atoms with Gasteiger partial charge >= 0.3 is 0 Å². The van der Waals surface area contributed by atoms with Gasteiger partial charge in [0.25, 0.3) is 5.91 Å². The Kier molecular flexibility index (Phi) is 8.42. The van der Waals surface area contributed by atoms with E-state index in [-0.39, 0.29) is 0 Å². The van der Waals surface area contributed by atoms with Gasteiger partial charge in [0.15, 0.2) is 5.13 Å². The predicted octanol–water partition coefficient (Wildman–Crippen LogP) is 5.72. The van der Waals surface area contributed by atoms with Gasteiger partial charge in [0, 0.05) is 35.7 Å². The Morgan fingerprint density at radius 2 is 1.73 bits per heavy atom. The quantitative estimate of drug-likeness (QED) is 0.156. The smallest absolute Gasteiger partial charge is 0.261 e. The van der Waals surface area contributed by atoms with E-state index in [2.05, 4.69) is 30.9 Å². The van der Waals surface area contributed by atoms with Gasteiger partial charge in [-0.05, 0) is 49.5 Å². The minimum atomic E-state index is -0.950. The van der Waals surface area contributed by atoms with Crippen LogP contribution in [-0.2, 0) is 0 Å². The lowest BCUT2D eigenvalue weighted by molar-refractivity contribution is 0.101. The monoisotopic (exact) mass is 573 g/mol. The Labute approximate surface area is 238 Å². The first-order chi connectivity index (χ1) is 19.9. The van der Waals surface area contributed by atoms with Crippen LogP contribution in [0, 0.1) is 11.6 Å². The number of benzene rings is 3. The molecule has 0 aliphatic carbocycles. The van der Waals surface area contributed by atoms with Crippen molar-refractivity contribution in [2.75, 3.05) is 36.6 Å². The van der Waals surface area contributed by atoms with Crippen LogP contribution in [0.25, 0.3) is 21.8 Å². The van der Waals surface area contributed by atoms with E-state index < -0.39 is 23.1 Å². The first-order valence-electron chi connectivity index (χ1n) is 12.5. The number of nitrogens with zero attached hydrogens (tertiary/aromatic N) is 3. The first-order valence-corrected chi connectivity index (χ1v) is 13.3. The molecule has 5 aromatic rings. The third-order valence-electron chi connectivity index (χ3n) is 5.83. The molecule has 0 aliphatic rings. The summed E-state index contributed by atoms with van der Waals surface area (Å²) in [4.78, 5) is 26.8. The van der Waals surface area contributed by atoms with Crippen molar-refractivity contribution in [3.8, 4) is 27.6 Å². The van der Waals surface area contributed by atoms with Crippen molar-refractivity contribution in [2.24, 2.45) is 0 Å². The molecule has 2 heterocycles. The van der Waals surface area contributed by atoms with E-state index in [0.717, 1.165) is 24.4 Å². The summed E-state index contributed by atoms with van der Waals surface area (Å²) < 4.78 is 33.9. The average Bonchev–Trinajstić information content (AvgIpc) is 3.35. The number of aromatic nitrogens is 3. The molecule has 0 saturated carbocycles. The number of anilines is 4. The van der Waals surface area contributed by atoms with E-state index >= 15 is 0 Å². The molecule has 0 fully saturated rings. The van der Waals surface area contributed by atoms with Crippen LogP contribution in [0.1, 0.15) is 10.4 Å². The van der Waals surface area contributed by atoms with Gasteiger partial charge in [-0.3, -0.25) is 4.79 Å². The number of rotatable bonds is 10. The standard InChI is InChI=1S/C29H25F2N7O2S/c1-33-13-14-40-20-8-3-7-19(16-20)36-29-34-12-11-23(37-29)26-25(38-28(32)41-26)17-5-2-6-18(15-17)35-27(39)24-21(30)9-4-10-22(24)31/h2-12,15-16,33H,13-14H2,1H3,(H2,32,38)(H,35,39)(H,34,36,37). The fourth-order valence-corrected chi connectivity index (χ4v) is 4.79. The molecule has 9 nitrogen and oxygen atoms in total. The van der Waals surface area contributed by atoms with Crippen molar-refractivity contribution in [3.05, 3.63) is 96.2 Å². The van der Waals surface area contributed by atoms with Crippen LogP contribution in [0.15, 0.2) is 79.0 Å². The molecule has 2 aromatic heterocycles. The van der Waals surface area contributed by atoms with Crippen molar-refractivity contribution < 1.29 is 18.3 Å². The molecule has 0 bridgehead atoms. The maximum atomic E-state index is 14.1. The summed E-state index contributed by atoms with van der Waals surface area (Å²) in [6, 6.07) is 19.2. The van der Waals surface area contributed by atoms with E-state index in [1.54, 1.807) is 36.5 Å². The summed E-state index contributed by atoms with van der Waals surface area (Å²) in [6.45, 7) is 1.26. The summed E-state index contributed by atoms with van der Waals surface area (Å²) in [6.07, 6.45) is 1.62. The Morgan fingerprint density at radius 1 is 0.976 bits per heavy atom. The fourth-order valence-electron chi connectivity index (χ4n) is 3.97. The minimum Gasteiger partial charge on any atom is -0.492 e. The van der Waals surface area contributed by atoms with Crippen LogP contribution < -0.4 is 26.4 Å². The Balaban J connectivity index is 1.39. The summed E-state index contributed by atoms with van der Waals surface area (Å²) in [5.41, 5.74) is 8.25. The zero-order chi connectivity index (χ0) is 28.8. The molecular weight excluding hydrogens is 548 g/mol. The minimum absolute atomic E-state index is 0.317. The highest BCUT2D eigenvalue weighted by atomic mass is 32.1. The highest BCUT2D eigenvalue weighted by Crippen LogP contribution is 2.38. The van der Waals surface area contributed by atoms with E-state index in [9.17, 15) is 13.6 Å². The summed E-state index contributed by atoms with van der Waals surface area (Å²) in [7, 11) is 1.86. The normalized spacial score (nSPS) is 10.8. The third kappa shape index (κ3) is 6.62. The van der Waals surface area contributed by atoms with Crippen molar-refractivity contribution >= 4 is 39.7 Å². The highest BCUT2D eigenvalue weighted by molar-refractivity contribution is 7.19. The molecule has 1 amide bonds. The van der Waals surface area contributed by atoms with Gasteiger partial charge in [0.1, 0.15) is 29.6 Å². The second-order valence-electron chi connectivity index (χ2n) is 8.73. The summed E-state index contributed by atoms with van der Waals surface area (Å²) in [5.74, 6) is -1.73. The molecular formula is C29H25F2N7O2S. The number of carbonyl (C=O) groups excluding carboxylic acids is 1. The zero-order valence-corrected chi connectivity index (χ0v) is 22.6. The van der Waals surface area contributed by atoms with Crippen molar-refractivity contribution in [2.45, 2.75) is 0 Å². The molecule has 0 saturated heterocycles. The SMILES string of the molecule is CNCCOc1cccc(Nc2nccc(-c3sc(N)nc3-c3cccc(NC(=O)c4c(F)cccc4F)c3)n2)c1. The molecule has 0 atom stereocenters. The summed E-state index contributed by atoms with van der Waals surface area (Å²) in [5, 5.41) is 9.09. The molecule has 0 spiro atoms. The molecule has 41 heavy (non-hydrogen) atoms. The molecule has 0 aliphatic heterocycles. The number of amides is 1. The van der Waals surface area contributed by atoms with Gasteiger partial charge < -0.3 is 26.4 Å². The number of thiazole rings is 1. The van der Waals surface area contributed by atoms with E-state index in [4.69, 9.17) is 10.5 Å². The van der Waals surface area contributed by atoms with Crippen molar-refractivity contribution in [1.29, 1.82) is 0 Å². The van der Waals surface area contributed by atoms with Crippen molar-refractivity contribution in [3.63, 3.8) is 0 Å². The Morgan fingerprint density at radius 3 is 2.54 bits per heavy atom. The average molecular weight is 574 g/mol. The van der Waals surface area contributed by atoms with E-state index in [0.29, 0.717) is 51.0 Å². The Hall–Kier alpha value is -4.94. The number of nitrogens with one attached hydrogen (secondary N) is 3. The second-order valence-corrected chi connectivity index (χ2v) is 9.76. The zero-order valence-electron chi connectivity index (χ0n) is 21.8. The lowest BCUT2D eigenvalue weighted by atomic mass is 10.1. The lowest BCUT2D eigenvalue weighted by Gasteiger charge is -2.10. The van der Waals surface area contributed by atoms with Crippen LogP contribution in [0.4, 0.5) is 31.2 Å². The number of nitrogens with two attached hydrogens (primary N) is 1. The van der Waals surface area contributed by atoms with Gasteiger partial charge in [-0.2, -0.15) is 0 Å². The second kappa shape index (κ2) is 12.5. The largest absolute Gasteiger partial charge is 0.492 e. The number of hydrogen-bond acceptors (Lipinski definition) is 9. The summed E-state index contributed by atoms with van der Waals surface area (Å²) >= 11 is 1.25. The molecule has 0 radical (unpaired) electrons. The topological polar surface area (TPSA) is 127 Å². The number of ether oxygens (including phenoxy) is 1. The lowest BCUT2D eigenvalue weighted by Crippen LogP contribution is -2.15. The fraction of sp³-hybridized carbons (Fsp3) is 0.103. The number of hydrogen-bond donors (Lipinski definition) is 4. The van der Waals surface area contributed by atoms with Crippen LogP contribution in [0.2, 0.25) is 0 Å². The van der Waals surface area contributed by atoms with Gasteiger partial charge in [0.05, 0.1) is 16.3 Å². The molecule has 5 N–H and O–H groups in total. The predicted molar refractivity (Wildman–Crippen MR) is 156 cm³/mol. The number of halogens is 2. The molecule has 3 aromatic carbocycles. The maximum absolute atomic E-state index is 14.1. The maximum Gasteiger partial charge on any atom is 0.261 e. The first kappa shape index (κ1) is 27.6. The molecule has 5 rings (SSSR count).